The van der Waals surface area contributed by atoms with Gasteiger partial charge in [-0.25, -0.2) is 0 Å². The number of hydrogen-bond donors (Lipinski definition) is 2. The summed E-state index contributed by atoms with van der Waals surface area (Å²) in [6.07, 6.45) is 35.8. The van der Waals surface area contributed by atoms with Crippen LogP contribution in [0.15, 0.2) is 0 Å². The summed E-state index contributed by atoms with van der Waals surface area (Å²) in [6.45, 7) is 6.65. The van der Waals surface area contributed by atoms with Gasteiger partial charge >= 0.3 is 11.9 Å². The minimum atomic E-state index is -0.655. The molecule has 5 heteroatoms. The van der Waals surface area contributed by atoms with Crippen LogP contribution in [0.2, 0.25) is 0 Å². The lowest BCUT2D eigenvalue weighted by atomic mass is 10.0. The molecule has 0 radical (unpaired) electrons. The Hall–Kier alpha value is -0.580. The lowest BCUT2D eigenvalue weighted by Crippen LogP contribution is -1.93. The molecule has 0 aliphatic heterocycles. The second-order valence-electron chi connectivity index (χ2n) is 11.5. The van der Waals surface area contributed by atoms with Crippen molar-refractivity contribution in [3.63, 3.8) is 0 Å². The Labute approximate surface area is 259 Å². The van der Waals surface area contributed by atoms with Gasteiger partial charge in [0.25, 0.3) is 0 Å². The molecule has 0 unspecified atom stereocenters. The summed E-state index contributed by atoms with van der Waals surface area (Å²) < 4.78 is 0. The SMILES string of the molecule is CCCBr.CCCCCCCCCCCCCCCC(=O)O.CCCCCCCCCCCCCCCC(=O)O. The van der Waals surface area contributed by atoms with E-state index in [1.807, 2.05) is 0 Å². The van der Waals surface area contributed by atoms with E-state index in [1.54, 1.807) is 0 Å². The number of carboxylic acid groups (broad SMARTS) is 2. The highest BCUT2D eigenvalue weighted by Crippen LogP contribution is 2.14. The van der Waals surface area contributed by atoms with Crippen LogP contribution in [0.3, 0.4) is 0 Å². The first-order valence-corrected chi connectivity index (χ1v) is 18.6. The van der Waals surface area contributed by atoms with Gasteiger partial charge in [-0.05, 0) is 19.3 Å². The lowest BCUT2D eigenvalue weighted by molar-refractivity contribution is -0.138. The van der Waals surface area contributed by atoms with Crippen LogP contribution in [0.5, 0.6) is 0 Å². The molecule has 0 aromatic rings. The van der Waals surface area contributed by atoms with Crippen molar-refractivity contribution >= 4 is 27.9 Å². The summed E-state index contributed by atoms with van der Waals surface area (Å²) in [4.78, 5) is 20.6. The van der Waals surface area contributed by atoms with Gasteiger partial charge in [-0.1, -0.05) is 191 Å². The summed E-state index contributed by atoms with van der Waals surface area (Å²) in [5.74, 6) is -1.31. The van der Waals surface area contributed by atoms with E-state index in [0.717, 1.165) is 31.0 Å². The molecule has 0 spiro atoms. The molecule has 0 amide bonds. The molecular formula is C35H71BrO4. The van der Waals surface area contributed by atoms with Crippen molar-refractivity contribution in [3.8, 4) is 0 Å². The fourth-order valence-corrected chi connectivity index (χ4v) is 4.59. The van der Waals surface area contributed by atoms with E-state index < -0.39 is 11.9 Å². The fraction of sp³-hybridized carbons (Fsp3) is 0.943. The van der Waals surface area contributed by atoms with Crippen molar-refractivity contribution in [1.29, 1.82) is 0 Å². The van der Waals surface area contributed by atoms with Crippen molar-refractivity contribution < 1.29 is 19.8 Å². The number of carboxylic acids is 2. The van der Waals surface area contributed by atoms with Crippen molar-refractivity contribution in [2.45, 2.75) is 207 Å². The van der Waals surface area contributed by atoms with E-state index in [-0.39, 0.29) is 0 Å². The molecule has 0 aliphatic carbocycles. The molecule has 40 heavy (non-hydrogen) atoms. The molecule has 0 saturated heterocycles. The van der Waals surface area contributed by atoms with E-state index in [4.69, 9.17) is 10.2 Å². The maximum atomic E-state index is 10.3. The highest BCUT2D eigenvalue weighted by Gasteiger charge is 1.98. The zero-order valence-corrected chi connectivity index (χ0v) is 28.9. The van der Waals surface area contributed by atoms with Crippen LogP contribution in [0.4, 0.5) is 0 Å². The Bertz CT molecular complexity index is 428. The Morgan fingerprint density at radius 3 is 0.700 bits per heavy atom. The van der Waals surface area contributed by atoms with E-state index in [9.17, 15) is 9.59 Å². The first kappa shape index (κ1) is 43.9. The van der Waals surface area contributed by atoms with E-state index in [0.29, 0.717) is 12.8 Å². The minimum Gasteiger partial charge on any atom is -0.481 e. The molecule has 0 aromatic heterocycles. The molecular weight excluding hydrogens is 564 g/mol. The van der Waals surface area contributed by atoms with Crippen LogP contribution in [-0.4, -0.2) is 27.5 Å². The highest BCUT2D eigenvalue weighted by molar-refractivity contribution is 9.09. The van der Waals surface area contributed by atoms with E-state index in [2.05, 4.69) is 36.7 Å². The maximum Gasteiger partial charge on any atom is 0.303 e. The molecule has 0 saturated carbocycles. The lowest BCUT2D eigenvalue weighted by Gasteiger charge is -2.02. The van der Waals surface area contributed by atoms with Gasteiger partial charge < -0.3 is 10.2 Å². The van der Waals surface area contributed by atoms with Crippen LogP contribution in [0.1, 0.15) is 207 Å². The highest BCUT2D eigenvalue weighted by atomic mass is 79.9. The van der Waals surface area contributed by atoms with Gasteiger partial charge in [-0.15, -0.1) is 0 Å². The largest absolute Gasteiger partial charge is 0.481 e. The first-order chi connectivity index (χ1) is 19.5. The van der Waals surface area contributed by atoms with Crippen LogP contribution < -0.4 is 0 Å². The third-order valence-corrected chi connectivity index (χ3v) is 7.97. The Balaban J connectivity index is -0.000000603. The van der Waals surface area contributed by atoms with Crippen LogP contribution in [0, 0.1) is 0 Å². The molecule has 0 rings (SSSR count). The van der Waals surface area contributed by atoms with Crippen molar-refractivity contribution in [2.24, 2.45) is 0 Å². The Morgan fingerprint density at radius 2 is 0.550 bits per heavy atom. The third kappa shape index (κ3) is 53.6. The van der Waals surface area contributed by atoms with Gasteiger partial charge in [-0.3, -0.25) is 9.59 Å². The number of halogens is 1. The zero-order valence-electron chi connectivity index (χ0n) is 27.3. The quantitative estimate of drug-likeness (QED) is 0.0633. The van der Waals surface area contributed by atoms with Crippen molar-refractivity contribution in [1.82, 2.24) is 0 Å². The summed E-state index contributed by atoms with van der Waals surface area (Å²) in [5, 5.41) is 18.1. The predicted molar refractivity (Wildman–Crippen MR) is 180 cm³/mol. The maximum absolute atomic E-state index is 10.3. The number of rotatable bonds is 29. The summed E-state index contributed by atoms with van der Waals surface area (Å²) in [7, 11) is 0. The summed E-state index contributed by atoms with van der Waals surface area (Å²) >= 11 is 3.25. The topological polar surface area (TPSA) is 74.6 Å². The number of unbranched alkanes of at least 4 members (excludes halogenated alkanes) is 24. The Kier molecular flexibility index (Phi) is 47.0. The minimum absolute atomic E-state index is 0.345. The van der Waals surface area contributed by atoms with Gasteiger partial charge in [0, 0.05) is 18.2 Å². The normalized spacial score (nSPS) is 10.4. The molecule has 4 nitrogen and oxygen atoms in total. The molecule has 0 fully saturated rings. The standard InChI is InChI=1S/2C16H32O2.C3H7Br/c2*1-2-3-4-5-6-7-8-9-10-11-12-13-14-15-16(17)18;1-2-3-4/h2*2-15H2,1H3,(H,17,18);2-3H2,1H3. The monoisotopic (exact) mass is 634 g/mol. The predicted octanol–water partition coefficient (Wildman–Crippen LogP) is 12.9. The molecule has 242 valence electrons. The van der Waals surface area contributed by atoms with E-state index >= 15 is 0 Å². The Morgan fingerprint density at radius 1 is 0.375 bits per heavy atom. The first-order valence-electron chi connectivity index (χ1n) is 17.5. The molecule has 0 atom stereocenters. The third-order valence-electron chi connectivity index (χ3n) is 7.18. The van der Waals surface area contributed by atoms with Gasteiger partial charge in [0.2, 0.25) is 0 Å². The van der Waals surface area contributed by atoms with Crippen molar-refractivity contribution in [2.75, 3.05) is 5.33 Å². The molecule has 0 aliphatic rings. The average Bonchev–Trinajstić information content (AvgIpc) is 2.94. The molecule has 0 bridgehead atoms. The second-order valence-corrected chi connectivity index (χ2v) is 12.3. The molecule has 0 heterocycles. The van der Waals surface area contributed by atoms with Gasteiger partial charge in [0.05, 0.1) is 0 Å². The summed E-state index contributed by atoms with van der Waals surface area (Å²) in [6, 6.07) is 0. The van der Waals surface area contributed by atoms with Crippen molar-refractivity contribution in [3.05, 3.63) is 0 Å². The van der Waals surface area contributed by atoms with E-state index in [1.165, 1.54) is 148 Å². The van der Waals surface area contributed by atoms with Crippen LogP contribution in [-0.2, 0) is 9.59 Å². The number of hydrogen-bond acceptors (Lipinski definition) is 2. The smallest absolute Gasteiger partial charge is 0.303 e. The number of aliphatic carboxylic acids is 2. The van der Waals surface area contributed by atoms with Gasteiger partial charge in [0.1, 0.15) is 0 Å². The van der Waals surface area contributed by atoms with Gasteiger partial charge in [0.15, 0.2) is 0 Å². The van der Waals surface area contributed by atoms with Crippen LogP contribution >= 0.6 is 15.9 Å². The summed E-state index contributed by atoms with van der Waals surface area (Å²) in [5.41, 5.74) is 0. The van der Waals surface area contributed by atoms with Crippen LogP contribution in [0.25, 0.3) is 0 Å². The zero-order chi connectivity index (χ0) is 30.4. The molecule has 2 N–H and O–H groups in total. The van der Waals surface area contributed by atoms with Gasteiger partial charge in [-0.2, -0.15) is 0 Å². The molecule has 0 aromatic carbocycles. The number of alkyl halides is 1. The number of carbonyl (C=O) groups is 2. The average molecular weight is 636 g/mol. The second kappa shape index (κ2) is 42.9. The fourth-order valence-electron chi connectivity index (χ4n) is 4.59.